The Balaban J connectivity index is 2.16. The predicted octanol–water partition coefficient (Wildman–Crippen LogP) is 4.11. The molecule has 2 aromatic rings. The molecule has 0 heterocycles. The Morgan fingerprint density at radius 3 is 2.04 bits per heavy atom. The lowest BCUT2D eigenvalue weighted by Crippen LogP contribution is -2.44. The molecule has 0 spiro atoms. The van der Waals surface area contributed by atoms with Gasteiger partial charge in [-0.25, -0.2) is 13.1 Å². The van der Waals surface area contributed by atoms with Gasteiger partial charge in [0.15, 0.2) is 0 Å². The van der Waals surface area contributed by atoms with Crippen LogP contribution in [0.5, 0.6) is 0 Å². The second-order valence-corrected chi connectivity index (χ2v) is 8.56. The lowest BCUT2D eigenvalue weighted by molar-refractivity contribution is 0.450. The highest BCUT2D eigenvalue weighted by atomic mass is 32.2. The molecular weight excluding hydrogens is 306 g/mol. The molecule has 0 aliphatic rings. The minimum Gasteiger partial charge on any atom is -0.207 e. The van der Waals surface area contributed by atoms with Crippen LogP contribution in [-0.4, -0.2) is 14.0 Å². The number of hydrogen-bond donors (Lipinski definition) is 1. The van der Waals surface area contributed by atoms with Gasteiger partial charge in [-0.05, 0) is 49.4 Å². The first kappa shape index (κ1) is 17.7. The summed E-state index contributed by atoms with van der Waals surface area (Å²) in [4.78, 5) is 0.308. The van der Waals surface area contributed by atoms with Crippen LogP contribution in [-0.2, 0) is 16.4 Å². The number of hydrogen-bond acceptors (Lipinski definition) is 2. The van der Waals surface area contributed by atoms with Crippen LogP contribution in [0.3, 0.4) is 0 Å². The fourth-order valence-corrected chi connectivity index (χ4v) is 4.01. The summed E-state index contributed by atoms with van der Waals surface area (Å²) in [7, 11) is -3.53. The molecule has 2 aromatic carbocycles. The highest BCUT2D eigenvalue weighted by molar-refractivity contribution is 7.89. The summed E-state index contributed by atoms with van der Waals surface area (Å²) < 4.78 is 28.0. The van der Waals surface area contributed by atoms with Crippen molar-refractivity contribution in [1.82, 2.24) is 4.72 Å². The van der Waals surface area contributed by atoms with E-state index >= 15 is 0 Å². The minimum atomic E-state index is -3.53. The minimum absolute atomic E-state index is 0.308. The Labute approximate surface area is 139 Å². The largest absolute Gasteiger partial charge is 0.241 e. The molecular formula is C19H25NO2S. The van der Waals surface area contributed by atoms with Crippen molar-refractivity contribution in [2.75, 3.05) is 0 Å². The molecule has 0 unspecified atom stereocenters. The van der Waals surface area contributed by atoms with E-state index in [1.807, 2.05) is 56.3 Å². The van der Waals surface area contributed by atoms with E-state index in [9.17, 15) is 8.42 Å². The van der Waals surface area contributed by atoms with E-state index in [0.717, 1.165) is 11.1 Å². The van der Waals surface area contributed by atoms with Crippen molar-refractivity contribution < 1.29 is 8.42 Å². The molecule has 0 fully saturated rings. The molecule has 0 saturated heterocycles. The van der Waals surface area contributed by atoms with Crippen LogP contribution in [0, 0.1) is 0 Å². The van der Waals surface area contributed by atoms with E-state index in [1.165, 1.54) is 0 Å². The normalized spacial score (nSPS) is 12.6. The molecule has 0 aliphatic carbocycles. The summed E-state index contributed by atoms with van der Waals surface area (Å²) in [6.45, 7) is 7.98. The maximum absolute atomic E-state index is 12.6. The summed E-state index contributed by atoms with van der Waals surface area (Å²) >= 11 is 0. The second kappa shape index (κ2) is 6.85. The van der Waals surface area contributed by atoms with Crippen LogP contribution in [0.4, 0.5) is 0 Å². The van der Waals surface area contributed by atoms with Crippen molar-refractivity contribution in [3.63, 3.8) is 0 Å². The van der Waals surface area contributed by atoms with E-state index in [0.29, 0.717) is 17.2 Å². The van der Waals surface area contributed by atoms with Gasteiger partial charge < -0.3 is 0 Å². The molecule has 1 N–H and O–H groups in total. The lowest BCUT2D eigenvalue weighted by Gasteiger charge is -2.26. The zero-order chi connectivity index (χ0) is 17.1. The average Bonchev–Trinajstić information content (AvgIpc) is 2.46. The van der Waals surface area contributed by atoms with E-state index in [1.54, 1.807) is 12.1 Å². The van der Waals surface area contributed by atoms with Gasteiger partial charge in [0.05, 0.1) is 4.90 Å². The summed E-state index contributed by atoms with van der Waals surface area (Å²) in [5.41, 5.74) is 1.68. The summed E-state index contributed by atoms with van der Waals surface area (Å²) in [5.74, 6) is 0.384. The van der Waals surface area contributed by atoms with Crippen molar-refractivity contribution in [3.8, 4) is 0 Å². The van der Waals surface area contributed by atoms with Gasteiger partial charge in [0.2, 0.25) is 10.0 Å². The van der Waals surface area contributed by atoms with Crippen LogP contribution in [0.15, 0.2) is 59.5 Å². The predicted molar refractivity (Wildman–Crippen MR) is 95.1 cm³/mol. The number of rotatable bonds is 6. The molecule has 0 aromatic heterocycles. The summed E-state index contributed by atoms with van der Waals surface area (Å²) in [6.07, 6.45) is 0.636. The Hall–Kier alpha value is -1.65. The van der Waals surface area contributed by atoms with Crippen molar-refractivity contribution in [3.05, 3.63) is 65.7 Å². The Bertz CT molecular complexity index is 733. The van der Waals surface area contributed by atoms with Crippen LogP contribution in [0.25, 0.3) is 0 Å². The molecule has 3 nitrogen and oxygen atoms in total. The van der Waals surface area contributed by atoms with Crippen molar-refractivity contribution in [1.29, 1.82) is 0 Å². The van der Waals surface area contributed by atoms with Gasteiger partial charge >= 0.3 is 0 Å². The fraction of sp³-hybridized carbons (Fsp3) is 0.368. The first-order valence-corrected chi connectivity index (χ1v) is 9.36. The number of sulfonamides is 1. The van der Waals surface area contributed by atoms with Crippen LogP contribution in [0.1, 0.15) is 44.7 Å². The van der Waals surface area contributed by atoms with Crippen LogP contribution in [0.2, 0.25) is 0 Å². The first-order valence-electron chi connectivity index (χ1n) is 7.87. The number of nitrogens with one attached hydrogen (secondary N) is 1. The molecule has 0 atom stereocenters. The maximum atomic E-state index is 12.6. The molecule has 0 bridgehead atoms. The maximum Gasteiger partial charge on any atom is 0.241 e. The van der Waals surface area contributed by atoms with Crippen molar-refractivity contribution in [2.24, 2.45) is 0 Å². The SMILES string of the molecule is CC(C)c1ccc(S(=O)(=O)NC(C)(C)Cc2ccccc2)cc1. The third-order valence-corrected chi connectivity index (χ3v) is 5.47. The zero-order valence-corrected chi connectivity index (χ0v) is 15.0. The standard InChI is InChI=1S/C19H25NO2S/c1-15(2)17-10-12-18(13-11-17)23(21,22)20-19(3,4)14-16-8-6-5-7-9-16/h5-13,15,20H,14H2,1-4H3. The number of benzene rings is 2. The molecule has 0 radical (unpaired) electrons. The van der Waals surface area contributed by atoms with E-state index < -0.39 is 15.6 Å². The van der Waals surface area contributed by atoms with E-state index in [2.05, 4.69) is 18.6 Å². The molecule has 0 aliphatic heterocycles. The van der Waals surface area contributed by atoms with Crippen molar-refractivity contribution >= 4 is 10.0 Å². The highest BCUT2D eigenvalue weighted by Gasteiger charge is 2.26. The van der Waals surface area contributed by atoms with Gasteiger partial charge in [-0.15, -0.1) is 0 Å². The van der Waals surface area contributed by atoms with Gasteiger partial charge in [-0.2, -0.15) is 0 Å². The lowest BCUT2D eigenvalue weighted by atomic mass is 9.96. The molecule has 124 valence electrons. The molecule has 23 heavy (non-hydrogen) atoms. The Morgan fingerprint density at radius 1 is 0.957 bits per heavy atom. The van der Waals surface area contributed by atoms with Gasteiger partial charge in [0.1, 0.15) is 0 Å². The Morgan fingerprint density at radius 2 is 1.52 bits per heavy atom. The molecule has 2 rings (SSSR count). The Kier molecular flexibility index (Phi) is 5.27. The van der Waals surface area contributed by atoms with Crippen LogP contribution < -0.4 is 4.72 Å². The molecule has 0 saturated carbocycles. The molecule has 4 heteroatoms. The average molecular weight is 331 g/mol. The smallest absolute Gasteiger partial charge is 0.207 e. The van der Waals surface area contributed by atoms with Crippen molar-refractivity contribution in [2.45, 2.75) is 50.5 Å². The third-order valence-electron chi connectivity index (χ3n) is 3.76. The highest BCUT2D eigenvalue weighted by Crippen LogP contribution is 2.20. The van der Waals surface area contributed by atoms with Crippen LogP contribution >= 0.6 is 0 Å². The summed E-state index contributed by atoms with van der Waals surface area (Å²) in [5, 5.41) is 0. The second-order valence-electron chi connectivity index (χ2n) is 6.88. The van der Waals surface area contributed by atoms with Gasteiger partial charge in [0.25, 0.3) is 0 Å². The van der Waals surface area contributed by atoms with E-state index in [4.69, 9.17) is 0 Å². The van der Waals surface area contributed by atoms with Gasteiger partial charge in [0, 0.05) is 5.54 Å². The quantitative estimate of drug-likeness (QED) is 0.866. The van der Waals surface area contributed by atoms with Gasteiger partial charge in [-0.3, -0.25) is 0 Å². The topological polar surface area (TPSA) is 46.2 Å². The van der Waals surface area contributed by atoms with E-state index in [-0.39, 0.29) is 0 Å². The fourth-order valence-electron chi connectivity index (χ4n) is 2.60. The first-order chi connectivity index (χ1) is 10.7. The third kappa shape index (κ3) is 4.91. The zero-order valence-electron chi connectivity index (χ0n) is 14.2. The summed E-state index contributed by atoms with van der Waals surface area (Å²) in [6, 6.07) is 17.0. The van der Waals surface area contributed by atoms with Gasteiger partial charge in [-0.1, -0.05) is 56.3 Å². The monoisotopic (exact) mass is 331 g/mol. The molecule has 0 amide bonds.